The fourth-order valence-electron chi connectivity index (χ4n) is 2.25. The van der Waals surface area contributed by atoms with Gasteiger partial charge in [-0.05, 0) is 23.8 Å². The Kier molecular flexibility index (Phi) is 5.76. The number of amides is 2. The van der Waals surface area contributed by atoms with Crippen LogP contribution in [0.4, 0.5) is 5.69 Å². The predicted octanol–water partition coefficient (Wildman–Crippen LogP) is 0.884. The van der Waals surface area contributed by atoms with Gasteiger partial charge in [-0.15, -0.1) is 0 Å². The minimum absolute atomic E-state index is 0.216. The van der Waals surface area contributed by atoms with Gasteiger partial charge in [0.2, 0.25) is 15.9 Å². The zero-order valence-electron chi connectivity index (χ0n) is 13.6. The standard InChI is InChI=1S/C17H19N3O4S/c1-25(23,24)20-14-9-5-8-13(11-14)17(22)19-15(16(18)21)10-12-6-3-2-4-7-12/h2-9,11,15,20H,10H2,1H3,(H2,18,21)(H,19,22). The van der Waals surface area contributed by atoms with Crippen molar-refractivity contribution in [2.24, 2.45) is 5.73 Å². The van der Waals surface area contributed by atoms with Gasteiger partial charge in [0.1, 0.15) is 6.04 Å². The summed E-state index contributed by atoms with van der Waals surface area (Å²) in [5.74, 6) is -1.17. The highest BCUT2D eigenvalue weighted by atomic mass is 32.2. The Labute approximate surface area is 146 Å². The van der Waals surface area contributed by atoms with E-state index in [1.54, 1.807) is 6.07 Å². The van der Waals surface area contributed by atoms with E-state index in [0.29, 0.717) is 0 Å². The number of nitrogens with one attached hydrogen (secondary N) is 2. The summed E-state index contributed by atoms with van der Waals surface area (Å²) < 4.78 is 24.9. The number of benzene rings is 2. The fourth-order valence-corrected chi connectivity index (χ4v) is 2.81. The Morgan fingerprint density at radius 1 is 1.08 bits per heavy atom. The average molecular weight is 361 g/mol. The molecule has 1 unspecified atom stereocenters. The molecule has 25 heavy (non-hydrogen) atoms. The molecular weight excluding hydrogens is 342 g/mol. The predicted molar refractivity (Wildman–Crippen MR) is 95.5 cm³/mol. The molecule has 4 N–H and O–H groups in total. The first kappa shape index (κ1) is 18.5. The number of rotatable bonds is 7. The smallest absolute Gasteiger partial charge is 0.252 e. The zero-order valence-corrected chi connectivity index (χ0v) is 14.4. The summed E-state index contributed by atoms with van der Waals surface area (Å²) in [4.78, 5) is 24.0. The Morgan fingerprint density at radius 2 is 1.76 bits per heavy atom. The quantitative estimate of drug-likeness (QED) is 0.678. The van der Waals surface area contributed by atoms with Crippen LogP contribution in [0, 0.1) is 0 Å². The van der Waals surface area contributed by atoms with Crippen LogP contribution in [0.25, 0.3) is 0 Å². The van der Waals surface area contributed by atoms with Gasteiger partial charge < -0.3 is 11.1 Å². The van der Waals surface area contributed by atoms with Gasteiger partial charge in [-0.1, -0.05) is 36.4 Å². The molecular formula is C17H19N3O4S. The van der Waals surface area contributed by atoms with E-state index in [4.69, 9.17) is 5.73 Å². The van der Waals surface area contributed by atoms with Crippen molar-refractivity contribution in [2.45, 2.75) is 12.5 Å². The van der Waals surface area contributed by atoms with Crippen molar-refractivity contribution in [1.82, 2.24) is 5.32 Å². The van der Waals surface area contributed by atoms with Crippen LogP contribution in [0.5, 0.6) is 0 Å². The van der Waals surface area contributed by atoms with E-state index in [2.05, 4.69) is 10.0 Å². The van der Waals surface area contributed by atoms with Gasteiger partial charge in [-0.2, -0.15) is 0 Å². The first-order valence-corrected chi connectivity index (χ1v) is 9.36. The lowest BCUT2D eigenvalue weighted by molar-refractivity contribution is -0.119. The molecule has 0 aliphatic carbocycles. The van der Waals surface area contributed by atoms with Crippen molar-refractivity contribution in [3.05, 3.63) is 65.7 Å². The van der Waals surface area contributed by atoms with E-state index in [0.717, 1.165) is 11.8 Å². The van der Waals surface area contributed by atoms with E-state index < -0.39 is 27.9 Å². The average Bonchev–Trinajstić information content (AvgIpc) is 2.53. The second-order valence-corrected chi connectivity index (χ2v) is 7.32. The Balaban J connectivity index is 2.13. The maximum absolute atomic E-state index is 12.4. The number of primary amides is 1. The monoisotopic (exact) mass is 361 g/mol. The second kappa shape index (κ2) is 7.80. The van der Waals surface area contributed by atoms with E-state index in [9.17, 15) is 18.0 Å². The molecule has 0 radical (unpaired) electrons. The summed E-state index contributed by atoms with van der Waals surface area (Å²) in [5.41, 5.74) is 6.71. The number of anilines is 1. The van der Waals surface area contributed by atoms with Gasteiger partial charge in [0.05, 0.1) is 6.26 Å². The molecule has 0 aliphatic rings. The number of carbonyl (C=O) groups is 2. The highest BCUT2D eigenvalue weighted by Crippen LogP contribution is 2.12. The zero-order chi connectivity index (χ0) is 18.4. The normalized spacial score (nSPS) is 12.2. The minimum atomic E-state index is -3.45. The van der Waals surface area contributed by atoms with E-state index in [-0.39, 0.29) is 17.7 Å². The highest BCUT2D eigenvalue weighted by Gasteiger charge is 2.19. The topological polar surface area (TPSA) is 118 Å². The molecule has 0 aromatic heterocycles. The number of carbonyl (C=O) groups excluding carboxylic acids is 2. The van der Waals surface area contributed by atoms with E-state index in [1.165, 1.54) is 18.2 Å². The third-order valence-electron chi connectivity index (χ3n) is 3.36. The third-order valence-corrected chi connectivity index (χ3v) is 3.97. The molecule has 1 atom stereocenters. The van der Waals surface area contributed by atoms with Crippen molar-refractivity contribution in [3.63, 3.8) is 0 Å². The molecule has 0 saturated heterocycles. The molecule has 2 amide bonds. The summed E-state index contributed by atoms with van der Waals surface area (Å²) in [6.45, 7) is 0. The SMILES string of the molecule is CS(=O)(=O)Nc1cccc(C(=O)NC(Cc2ccccc2)C(N)=O)c1. The Morgan fingerprint density at radius 3 is 2.36 bits per heavy atom. The lowest BCUT2D eigenvalue weighted by Crippen LogP contribution is -2.45. The van der Waals surface area contributed by atoms with Gasteiger partial charge in [0.15, 0.2) is 0 Å². The molecule has 7 nitrogen and oxygen atoms in total. The molecule has 0 fully saturated rings. The van der Waals surface area contributed by atoms with Crippen LogP contribution < -0.4 is 15.8 Å². The lowest BCUT2D eigenvalue weighted by Gasteiger charge is -2.16. The maximum Gasteiger partial charge on any atom is 0.252 e. The van der Waals surface area contributed by atoms with Crippen molar-refractivity contribution in [3.8, 4) is 0 Å². The first-order valence-electron chi connectivity index (χ1n) is 7.46. The van der Waals surface area contributed by atoms with E-state index >= 15 is 0 Å². The summed E-state index contributed by atoms with van der Waals surface area (Å²) in [7, 11) is -3.45. The number of hydrogen-bond acceptors (Lipinski definition) is 4. The molecule has 8 heteroatoms. The Hall–Kier alpha value is -2.87. The van der Waals surface area contributed by atoms with Gasteiger partial charge in [0.25, 0.3) is 5.91 Å². The summed E-state index contributed by atoms with van der Waals surface area (Å²) in [6.07, 6.45) is 1.28. The van der Waals surface area contributed by atoms with E-state index in [1.807, 2.05) is 30.3 Å². The van der Waals surface area contributed by atoms with Crippen LogP contribution in [-0.2, 0) is 21.2 Å². The molecule has 2 aromatic carbocycles. The highest BCUT2D eigenvalue weighted by molar-refractivity contribution is 7.92. The lowest BCUT2D eigenvalue weighted by atomic mass is 10.0. The van der Waals surface area contributed by atoms with Gasteiger partial charge >= 0.3 is 0 Å². The molecule has 2 aromatic rings. The van der Waals surface area contributed by atoms with Crippen LogP contribution in [0.2, 0.25) is 0 Å². The fraction of sp³-hybridized carbons (Fsp3) is 0.176. The number of sulfonamides is 1. The molecule has 0 bridgehead atoms. The molecule has 0 heterocycles. The van der Waals surface area contributed by atoms with Crippen molar-refractivity contribution < 1.29 is 18.0 Å². The van der Waals surface area contributed by atoms with Crippen LogP contribution in [0.3, 0.4) is 0 Å². The van der Waals surface area contributed by atoms with Gasteiger partial charge in [-0.3, -0.25) is 14.3 Å². The first-order chi connectivity index (χ1) is 11.7. The maximum atomic E-state index is 12.4. The van der Waals surface area contributed by atoms with Crippen LogP contribution in [-0.4, -0.2) is 32.5 Å². The minimum Gasteiger partial charge on any atom is -0.368 e. The van der Waals surface area contributed by atoms with Crippen LogP contribution >= 0.6 is 0 Å². The van der Waals surface area contributed by atoms with Gasteiger partial charge in [-0.25, -0.2) is 8.42 Å². The number of hydrogen-bond donors (Lipinski definition) is 3. The molecule has 0 saturated carbocycles. The molecule has 2 rings (SSSR count). The van der Waals surface area contributed by atoms with Crippen LogP contribution in [0.15, 0.2) is 54.6 Å². The third kappa shape index (κ3) is 5.92. The van der Waals surface area contributed by atoms with Crippen molar-refractivity contribution >= 4 is 27.5 Å². The molecule has 0 aliphatic heterocycles. The largest absolute Gasteiger partial charge is 0.368 e. The summed E-state index contributed by atoms with van der Waals surface area (Å²) >= 11 is 0. The van der Waals surface area contributed by atoms with Crippen molar-refractivity contribution in [1.29, 1.82) is 0 Å². The molecule has 0 spiro atoms. The van der Waals surface area contributed by atoms with Crippen molar-refractivity contribution in [2.75, 3.05) is 11.0 Å². The van der Waals surface area contributed by atoms with Gasteiger partial charge in [0, 0.05) is 17.7 Å². The number of nitrogens with two attached hydrogens (primary N) is 1. The molecule has 132 valence electrons. The van der Waals surface area contributed by atoms with Crippen LogP contribution in [0.1, 0.15) is 15.9 Å². The second-order valence-electron chi connectivity index (χ2n) is 5.57. The summed E-state index contributed by atoms with van der Waals surface area (Å²) in [5, 5.41) is 2.58. The summed E-state index contributed by atoms with van der Waals surface area (Å²) in [6, 6.07) is 14.3. The Bertz CT molecular complexity index is 866.